The van der Waals surface area contributed by atoms with Gasteiger partial charge in [-0.2, -0.15) is 12.6 Å². The zero-order chi connectivity index (χ0) is 13.1. The summed E-state index contributed by atoms with van der Waals surface area (Å²) in [6.07, 6.45) is 0. The molecule has 0 aliphatic rings. The molecular weight excluding hydrogens is 230 g/mol. The summed E-state index contributed by atoms with van der Waals surface area (Å²) in [4.78, 5) is 0. The van der Waals surface area contributed by atoms with Crippen LogP contribution in [0.2, 0.25) is 0 Å². The van der Waals surface area contributed by atoms with E-state index in [0.717, 1.165) is 12.3 Å². The van der Waals surface area contributed by atoms with Crippen LogP contribution in [0.3, 0.4) is 0 Å². The highest BCUT2D eigenvalue weighted by Gasteiger charge is 2.26. The Morgan fingerprint density at radius 3 is 2.47 bits per heavy atom. The molecule has 0 saturated heterocycles. The first-order chi connectivity index (χ1) is 7.92. The number of aryl methyl sites for hydroxylation is 2. The predicted octanol–water partition coefficient (Wildman–Crippen LogP) is 3.07. The summed E-state index contributed by atoms with van der Waals surface area (Å²) in [5.74, 6) is 1.67. The van der Waals surface area contributed by atoms with E-state index in [-0.39, 0.29) is 5.41 Å². The molecule has 1 aromatic carbocycles. The molecule has 96 valence electrons. The highest BCUT2D eigenvalue weighted by atomic mass is 32.1. The summed E-state index contributed by atoms with van der Waals surface area (Å²) in [6, 6.07) is 4.31. The van der Waals surface area contributed by atoms with Crippen molar-refractivity contribution >= 4 is 12.6 Å². The van der Waals surface area contributed by atoms with E-state index in [9.17, 15) is 0 Å². The van der Waals surface area contributed by atoms with E-state index in [0.29, 0.717) is 5.88 Å². The van der Waals surface area contributed by atoms with Crippen LogP contribution in [0.25, 0.3) is 0 Å². The van der Waals surface area contributed by atoms with Gasteiger partial charge in [0.15, 0.2) is 0 Å². The maximum Gasteiger partial charge on any atom is 0.123 e. The number of rotatable bonds is 5. The SMILES string of the molecule is COc1cc(C)cc(C)c1C(C)(C)CNCS. The Kier molecular flexibility index (Phi) is 4.90. The van der Waals surface area contributed by atoms with Gasteiger partial charge in [-0.15, -0.1) is 0 Å². The molecule has 1 aromatic rings. The van der Waals surface area contributed by atoms with E-state index in [1.807, 2.05) is 0 Å². The average molecular weight is 253 g/mol. The Labute approximate surface area is 110 Å². The van der Waals surface area contributed by atoms with Crippen molar-refractivity contribution in [3.8, 4) is 5.75 Å². The molecule has 0 aromatic heterocycles. The third kappa shape index (κ3) is 3.39. The lowest BCUT2D eigenvalue weighted by Gasteiger charge is -2.29. The van der Waals surface area contributed by atoms with Crippen molar-refractivity contribution < 1.29 is 4.74 Å². The second-order valence-electron chi connectivity index (χ2n) is 5.13. The molecule has 0 aliphatic carbocycles. The monoisotopic (exact) mass is 253 g/mol. The second kappa shape index (κ2) is 5.78. The molecule has 0 unspecified atom stereocenters. The average Bonchev–Trinajstić information content (AvgIpc) is 2.24. The van der Waals surface area contributed by atoms with Gasteiger partial charge >= 0.3 is 0 Å². The third-order valence-corrected chi connectivity index (χ3v) is 3.24. The number of benzene rings is 1. The highest BCUT2D eigenvalue weighted by molar-refractivity contribution is 7.80. The molecule has 0 heterocycles. The maximum absolute atomic E-state index is 5.53. The molecule has 0 atom stereocenters. The largest absolute Gasteiger partial charge is 0.496 e. The number of nitrogens with one attached hydrogen (secondary N) is 1. The van der Waals surface area contributed by atoms with Crippen LogP contribution in [-0.4, -0.2) is 19.5 Å². The van der Waals surface area contributed by atoms with Crippen LogP contribution in [0, 0.1) is 13.8 Å². The number of ether oxygens (including phenoxy) is 1. The van der Waals surface area contributed by atoms with Crippen molar-refractivity contribution in [3.05, 3.63) is 28.8 Å². The van der Waals surface area contributed by atoms with Gasteiger partial charge in [0.2, 0.25) is 0 Å². The summed E-state index contributed by atoms with van der Waals surface area (Å²) in [5, 5.41) is 3.29. The molecule has 2 nitrogen and oxygen atoms in total. The lowest BCUT2D eigenvalue weighted by molar-refractivity contribution is 0.387. The summed E-state index contributed by atoms with van der Waals surface area (Å²) in [5.41, 5.74) is 3.83. The number of methoxy groups -OCH3 is 1. The lowest BCUT2D eigenvalue weighted by Crippen LogP contribution is -2.33. The molecule has 0 spiro atoms. The number of hydrogen-bond donors (Lipinski definition) is 2. The fourth-order valence-electron chi connectivity index (χ4n) is 2.41. The van der Waals surface area contributed by atoms with E-state index in [1.165, 1.54) is 16.7 Å². The van der Waals surface area contributed by atoms with Crippen LogP contribution in [0.4, 0.5) is 0 Å². The minimum atomic E-state index is 0.0336. The highest BCUT2D eigenvalue weighted by Crippen LogP contribution is 2.35. The van der Waals surface area contributed by atoms with Gasteiger partial charge in [0.1, 0.15) is 5.75 Å². The normalized spacial score (nSPS) is 11.6. The Balaban J connectivity index is 3.19. The van der Waals surface area contributed by atoms with E-state index in [1.54, 1.807) is 7.11 Å². The van der Waals surface area contributed by atoms with Crippen molar-refractivity contribution in [2.45, 2.75) is 33.1 Å². The van der Waals surface area contributed by atoms with E-state index < -0.39 is 0 Å². The van der Waals surface area contributed by atoms with Crippen molar-refractivity contribution in [1.29, 1.82) is 0 Å². The molecule has 0 saturated carbocycles. The van der Waals surface area contributed by atoms with Crippen molar-refractivity contribution in [1.82, 2.24) is 5.32 Å². The molecule has 0 amide bonds. The van der Waals surface area contributed by atoms with E-state index in [2.05, 4.69) is 57.8 Å². The van der Waals surface area contributed by atoms with Crippen LogP contribution in [-0.2, 0) is 5.41 Å². The zero-order valence-corrected chi connectivity index (χ0v) is 12.3. The van der Waals surface area contributed by atoms with Gasteiger partial charge in [-0.1, -0.05) is 19.9 Å². The van der Waals surface area contributed by atoms with E-state index >= 15 is 0 Å². The van der Waals surface area contributed by atoms with Crippen LogP contribution >= 0.6 is 12.6 Å². The third-order valence-electron chi connectivity index (χ3n) is 3.02. The van der Waals surface area contributed by atoms with Crippen molar-refractivity contribution in [2.75, 3.05) is 19.5 Å². The smallest absolute Gasteiger partial charge is 0.123 e. The summed E-state index contributed by atoms with van der Waals surface area (Å²) in [7, 11) is 1.74. The molecule has 0 fully saturated rings. The number of thiol groups is 1. The molecule has 1 N–H and O–H groups in total. The lowest BCUT2D eigenvalue weighted by atomic mass is 9.80. The Morgan fingerprint density at radius 2 is 1.94 bits per heavy atom. The molecule has 17 heavy (non-hydrogen) atoms. The topological polar surface area (TPSA) is 21.3 Å². The minimum Gasteiger partial charge on any atom is -0.496 e. The fourth-order valence-corrected chi connectivity index (χ4v) is 2.53. The Hall–Kier alpha value is -0.670. The van der Waals surface area contributed by atoms with Gasteiger partial charge < -0.3 is 10.1 Å². The Morgan fingerprint density at radius 1 is 1.29 bits per heavy atom. The standard InChI is InChI=1S/C14H23NOS/c1-10-6-11(2)13(12(7-10)16-5)14(3,4)8-15-9-17/h6-7,15,17H,8-9H2,1-5H3. The van der Waals surface area contributed by atoms with Crippen LogP contribution in [0.15, 0.2) is 12.1 Å². The molecule has 0 radical (unpaired) electrons. The van der Waals surface area contributed by atoms with Gasteiger partial charge in [0.25, 0.3) is 0 Å². The van der Waals surface area contributed by atoms with Gasteiger partial charge in [0.05, 0.1) is 7.11 Å². The summed E-state index contributed by atoms with van der Waals surface area (Å²) >= 11 is 4.19. The van der Waals surface area contributed by atoms with Crippen molar-refractivity contribution in [3.63, 3.8) is 0 Å². The second-order valence-corrected chi connectivity index (χ2v) is 5.44. The van der Waals surface area contributed by atoms with Gasteiger partial charge in [0, 0.05) is 23.4 Å². The fraction of sp³-hybridized carbons (Fsp3) is 0.571. The molecule has 3 heteroatoms. The summed E-state index contributed by atoms with van der Waals surface area (Å²) < 4.78 is 5.53. The quantitative estimate of drug-likeness (QED) is 0.621. The Bertz CT molecular complexity index is 388. The van der Waals surface area contributed by atoms with Gasteiger partial charge in [-0.05, 0) is 31.0 Å². The van der Waals surface area contributed by atoms with Crippen LogP contribution in [0.5, 0.6) is 5.75 Å². The molecule has 0 bridgehead atoms. The first kappa shape index (κ1) is 14.4. The predicted molar refractivity (Wildman–Crippen MR) is 77.3 cm³/mol. The van der Waals surface area contributed by atoms with E-state index in [4.69, 9.17) is 4.74 Å². The van der Waals surface area contributed by atoms with Crippen LogP contribution in [0.1, 0.15) is 30.5 Å². The molecular formula is C14H23NOS. The number of hydrogen-bond acceptors (Lipinski definition) is 3. The van der Waals surface area contributed by atoms with Crippen molar-refractivity contribution in [2.24, 2.45) is 0 Å². The summed E-state index contributed by atoms with van der Waals surface area (Å²) in [6.45, 7) is 9.58. The zero-order valence-electron chi connectivity index (χ0n) is 11.4. The van der Waals surface area contributed by atoms with Gasteiger partial charge in [-0.3, -0.25) is 0 Å². The molecule has 1 rings (SSSR count). The van der Waals surface area contributed by atoms with Gasteiger partial charge in [-0.25, -0.2) is 0 Å². The maximum atomic E-state index is 5.53. The molecule has 0 aliphatic heterocycles. The first-order valence-corrected chi connectivity index (χ1v) is 6.53. The minimum absolute atomic E-state index is 0.0336. The van der Waals surface area contributed by atoms with Crippen LogP contribution < -0.4 is 10.1 Å². The first-order valence-electron chi connectivity index (χ1n) is 5.89.